The van der Waals surface area contributed by atoms with Gasteiger partial charge in [0, 0.05) is 0 Å². The van der Waals surface area contributed by atoms with Crippen molar-refractivity contribution in [2.75, 3.05) is 19.5 Å². The van der Waals surface area contributed by atoms with Gasteiger partial charge in [0.05, 0.1) is 12.4 Å². The van der Waals surface area contributed by atoms with Crippen molar-refractivity contribution in [1.29, 1.82) is 0 Å². The van der Waals surface area contributed by atoms with E-state index in [9.17, 15) is 0 Å². The van der Waals surface area contributed by atoms with Crippen LogP contribution in [0.1, 0.15) is 0 Å². The number of ether oxygens (including phenoxy) is 1. The van der Waals surface area contributed by atoms with Crippen molar-refractivity contribution >= 4 is 5.95 Å². The van der Waals surface area contributed by atoms with Gasteiger partial charge >= 0.3 is 0 Å². The van der Waals surface area contributed by atoms with Crippen LogP contribution in [0, 0.1) is 0 Å². The molecule has 1 heterocycles. The fraction of sp³-hybridized carbons (Fsp3) is 0.333. The van der Waals surface area contributed by atoms with E-state index in [0.29, 0.717) is 12.5 Å². The van der Waals surface area contributed by atoms with Gasteiger partial charge in [0.1, 0.15) is 6.73 Å². The topological polar surface area (TPSA) is 73.1 Å². The molecular formula is C6H10N4O. The molecule has 0 spiro atoms. The van der Waals surface area contributed by atoms with Gasteiger partial charge in [-0.1, -0.05) is 0 Å². The first-order chi connectivity index (χ1) is 5.33. The molecule has 0 fully saturated rings. The smallest absolute Gasteiger partial charge is 0.220 e. The third-order valence-electron chi connectivity index (χ3n) is 1.03. The molecule has 60 valence electrons. The second-order valence-corrected chi connectivity index (χ2v) is 1.92. The molecule has 0 aromatic carbocycles. The highest BCUT2D eigenvalue weighted by Crippen LogP contribution is 2.05. The number of nitrogen functional groups attached to an aromatic ring is 1. The highest BCUT2D eigenvalue weighted by Gasteiger charge is 1.92. The van der Waals surface area contributed by atoms with Crippen molar-refractivity contribution in [2.45, 2.75) is 0 Å². The number of hydrogen-bond donors (Lipinski definition) is 2. The number of nitrogens with two attached hydrogens (primary N) is 1. The minimum atomic E-state index is 0.252. The molecule has 3 N–H and O–H groups in total. The van der Waals surface area contributed by atoms with E-state index in [0.717, 1.165) is 0 Å². The van der Waals surface area contributed by atoms with Gasteiger partial charge in [0.25, 0.3) is 0 Å². The van der Waals surface area contributed by atoms with Crippen molar-refractivity contribution < 1.29 is 4.74 Å². The van der Waals surface area contributed by atoms with Crippen LogP contribution >= 0.6 is 0 Å². The number of anilines is 1. The molecule has 1 aromatic rings. The molecule has 0 radical (unpaired) electrons. The zero-order valence-corrected chi connectivity index (χ0v) is 6.24. The molecule has 0 saturated heterocycles. The number of hydrogen-bond acceptors (Lipinski definition) is 5. The fourth-order valence-electron chi connectivity index (χ4n) is 0.556. The second kappa shape index (κ2) is 3.72. The number of rotatable bonds is 3. The molecule has 5 nitrogen and oxygen atoms in total. The summed E-state index contributed by atoms with van der Waals surface area (Å²) < 4.78 is 5.12. The molecule has 11 heavy (non-hydrogen) atoms. The van der Waals surface area contributed by atoms with Crippen molar-refractivity contribution in [3.05, 3.63) is 12.4 Å². The normalized spacial score (nSPS) is 9.55. The Labute approximate surface area is 64.6 Å². The van der Waals surface area contributed by atoms with Crippen LogP contribution in [0.2, 0.25) is 0 Å². The summed E-state index contributed by atoms with van der Waals surface area (Å²) in [4.78, 5) is 7.49. The summed E-state index contributed by atoms with van der Waals surface area (Å²) in [5.41, 5.74) is 5.26. The summed E-state index contributed by atoms with van der Waals surface area (Å²) in [6.07, 6.45) is 3.05. The lowest BCUT2D eigenvalue weighted by atomic mass is 10.6. The van der Waals surface area contributed by atoms with Crippen LogP contribution in [0.3, 0.4) is 0 Å². The number of aromatic nitrogens is 2. The molecule has 0 saturated carbocycles. The first-order valence-electron chi connectivity index (χ1n) is 3.18. The fourth-order valence-corrected chi connectivity index (χ4v) is 0.556. The van der Waals surface area contributed by atoms with E-state index >= 15 is 0 Å². The average molecular weight is 154 g/mol. The molecule has 0 aliphatic rings. The summed E-state index contributed by atoms with van der Waals surface area (Å²) >= 11 is 0. The van der Waals surface area contributed by atoms with Crippen molar-refractivity contribution in [1.82, 2.24) is 15.3 Å². The van der Waals surface area contributed by atoms with Crippen molar-refractivity contribution in [2.24, 2.45) is 0 Å². The predicted molar refractivity (Wildman–Crippen MR) is 41.0 cm³/mol. The zero-order valence-electron chi connectivity index (χ0n) is 6.24. The van der Waals surface area contributed by atoms with Gasteiger partial charge in [-0.05, 0) is 7.05 Å². The van der Waals surface area contributed by atoms with E-state index in [1.807, 2.05) is 0 Å². The zero-order chi connectivity index (χ0) is 8.10. The van der Waals surface area contributed by atoms with Crippen LogP contribution in [0.15, 0.2) is 12.4 Å². The van der Waals surface area contributed by atoms with Gasteiger partial charge in [0.15, 0.2) is 5.75 Å². The molecule has 0 bridgehead atoms. The number of nitrogens with one attached hydrogen (secondary N) is 1. The lowest BCUT2D eigenvalue weighted by Crippen LogP contribution is -2.14. The van der Waals surface area contributed by atoms with Crippen LogP contribution in [0.25, 0.3) is 0 Å². The van der Waals surface area contributed by atoms with Crippen LogP contribution in [0.4, 0.5) is 5.95 Å². The van der Waals surface area contributed by atoms with Gasteiger partial charge in [0.2, 0.25) is 5.95 Å². The van der Waals surface area contributed by atoms with E-state index in [1.165, 1.54) is 12.4 Å². The minimum absolute atomic E-state index is 0.252. The number of nitrogens with zero attached hydrogens (tertiary/aromatic N) is 2. The van der Waals surface area contributed by atoms with Crippen molar-refractivity contribution in [3.8, 4) is 5.75 Å². The van der Waals surface area contributed by atoms with Gasteiger partial charge in [-0.25, -0.2) is 9.97 Å². The SMILES string of the molecule is CNCOc1cnc(N)nc1. The maximum Gasteiger partial charge on any atom is 0.220 e. The van der Waals surface area contributed by atoms with Crippen molar-refractivity contribution in [3.63, 3.8) is 0 Å². The Bertz CT molecular complexity index is 210. The average Bonchev–Trinajstić information content (AvgIpc) is 2.04. The third-order valence-corrected chi connectivity index (χ3v) is 1.03. The molecule has 0 aliphatic heterocycles. The van der Waals surface area contributed by atoms with Crippen LogP contribution < -0.4 is 15.8 Å². The summed E-state index contributed by atoms with van der Waals surface area (Å²) in [6, 6.07) is 0. The highest BCUT2D eigenvalue weighted by molar-refractivity contribution is 5.20. The molecule has 0 aliphatic carbocycles. The highest BCUT2D eigenvalue weighted by atomic mass is 16.5. The Hall–Kier alpha value is -1.36. The van der Waals surface area contributed by atoms with Crippen LogP contribution in [-0.4, -0.2) is 23.7 Å². The Morgan fingerprint density at radius 2 is 2.18 bits per heavy atom. The summed E-state index contributed by atoms with van der Waals surface area (Å²) in [5.74, 6) is 0.857. The predicted octanol–water partition coefficient (Wildman–Crippen LogP) is -0.386. The lowest BCUT2D eigenvalue weighted by Gasteiger charge is -2.02. The molecule has 1 aromatic heterocycles. The summed E-state index contributed by atoms with van der Waals surface area (Å²) in [5, 5.41) is 2.82. The van der Waals surface area contributed by atoms with Crippen LogP contribution in [0.5, 0.6) is 5.75 Å². The first-order valence-corrected chi connectivity index (χ1v) is 3.18. The monoisotopic (exact) mass is 154 g/mol. The van der Waals surface area contributed by atoms with Crippen LogP contribution in [-0.2, 0) is 0 Å². The molecular weight excluding hydrogens is 144 g/mol. The lowest BCUT2D eigenvalue weighted by molar-refractivity contribution is 0.294. The van der Waals surface area contributed by atoms with E-state index in [2.05, 4.69) is 15.3 Å². The van der Waals surface area contributed by atoms with E-state index in [-0.39, 0.29) is 5.95 Å². The Morgan fingerprint density at radius 1 is 1.55 bits per heavy atom. The minimum Gasteiger partial charge on any atom is -0.475 e. The molecule has 1 rings (SSSR count). The van der Waals surface area contributed by atoms with E-state index < -0.39 is 0 Å². The first kappa shape index (κ1) is 7.74. The Balaban J connectivity index is 2.52. The summed E-state index contributed by atoms with van der Waals surface area (Å²) in [6.45, 7) is 0.438. The van der Waals surface area contributed by atoms with E-state index in [4.69, 9.17) is 10.5 Å². The molecule has 0 unspecified atom stereocenters. The third kappa shape index (κ3) is 2.38. The van der Waals surface area contributed by atoms with Gasteiger partial charge in [-0.3, -0.25) is 5.32 Å². The maximum absolute atomic E-state index is 5.26. The standard InChI is InChI=1S/C6H10N4O/c1-8-4-11-5-2-9-6(7)10-3-5/h2-3,8H,4H2,1H3,(H2,7,9,10). The Kier molecular flexibility index (Phi) is 2.62. The second-order valence-electron chi connectivity index (χ2n) is 1.92. The largest absolute Gasteiger partial charge is 0.475 e. The molecule has 0 amide bonds. The molecule has 5 heteroatoms. The van der Waals surface area contributed by atoms with Gasteiger partial charge in [-0.2, -0.15) is 0 Å². The maximum atomic E-state index is 5.26. The summed E-state index contributed by atoms with van der Waals surface area (Å²) in [7, 11) is 1.79. The Morgan fingerprint density at radius 3 is 2.73 bits per heavy atom. The van der Waals surface area contributed by atoms with Gasteiger partial charge in [-0.15, -0.1) is 0 Å². The van der Waals surface area contributed by atoms with E-state index in [1.54, 1.807) is 7.05 Å². The van der Waals surface area contributed by atoms with Gasteiger partial charge < -0.3 is 10.5 Å². The quantitative estimate of drug-likeness (QED) is 0.580. The molecule has 0 atom stereocenters.